The minimum atomic E-state index is -0.667. The number of nitrogens with one attached hydrogen (secondary N) is 1. The van der Waals surface area contributed by atoms with Crippen LogP contribution in [0.2, 0.25) is 0 Å². The Kier molecular flexibility index (Phi) is 5.13. The number of furan rings is 1. The van der Waals surface area contributed by atoms with Crippen LogP contribution in [0.3, 0.4) is 0 Å². The number of benzene rings is 1. The van der Waals surface area contributed by atoms with Gasteiger partial charge in [-0.1, -0.05) is 12.1 Å². The normalized spacial score (nSPS) is 20.0. The van der Waals surface area contributed by atoms with E-state index in [-0.39, 0.29) is 23.4 Å². The highest BCUT2D eigenvalue weighted by Crippen LogP contribution is 2.33. The molecule has 0 radical (unpaired) electrons. The fourth-order valence-electron chi connectivity index (χ4n) is 4.15. The summed E-state index contributed by atoms with van der Waals surface area (Å²) in [6, 6.07) is 8.95. The van der Waals surface area contributed by atoms with Crippen molar-refractivity contribution in [1.29, 1.82) is 0 Å². The van der Waals surface area contributed by atoms with Crippen LogP contribution >= 0.6 is 0 Å². The Hall–Kier alpha value is -2.73. The van der Waals surface area contributed by atoms with Crippen molar-refractivity contribution in [1.82, 2.24) is 10.3 Å². The summed E-state index contributed by atoms with van der Waals surface area (Å²) in [6.45, 7) is 3.71. The highest BCUT2D eigenvalue weighted by molar-refractivity contribution is 5.96. The smallest absolute Gasteiger partial charge is 0.251 e. The number of nitrogens with zero attached hydrogens (tertiary/aromatic N) is 1. The van der Waals surface area contributed by atoms with Crippen LogP contribution in [0, 0.1) is 11.7 Å². The summed E-state index contributed by atoms with van der Waals surface area (Å²) in [5.74, 6) is -0.328. The monoisotopic (exact) mass is 396 g/mol. The molecule has 1 aliphatic carbocycles. The van der Waals surface area contributed by atoms with E-state index in [4.69, 9.17) is 4.42 Å². The van der Waals surface area contributed by atoms with E-state index >= 15 is 0 Å². The average Bonchev–Trinajstić information content (AvgIpc) is 3.19. The number of hydrogen-bond acceptors (Lipinski definition) is 4. The summed E-state index contributed by atoms with van der Waals surface area (Å²) in [4.78, 5) is 16.8. The first-order valence-electron chi connectivity index (χ1n) is 9.98. The number of hydrogen-bond donors (Lipinski definition) is 2. The van der Waals surface area contributed by atoms with Crippen molar-refractivity contribution < 1.29 is 18.7 Å². The van der Waals surface area contributed by atoms with Gasteiger partial charge < -0.3 is 14.8 Å². The van der Waals surface area contributed by atoms with Gasteiger partial charge in [-0.3, -0.25) is 9.78 Å². The number of pyridine rings is 1. The van der Waals surface area contributed by atoms with E-state index in [0.717, 1.165) is 37.4 Å². The van der Waals surface area contributed by atoms with Crippen LogP contribution in [0.5, 0.6) is 0 Å². The number of rotatable bonds is 4. The first-order chi connectivity index (χ1) is 13.8. The van der Waals surface area contributed by atoms with Gasteiger partial charge in [0.2, 0.25) is 0 Å². The van der Waals surface area contributed by atoms with Gasteiger partial charge in [0.1, 0.15) is 0 Å². The van der Waals surface area contributed by atoms with Crippen LogP contribution in [-0.4, -0.2) is 27.6 Å². The maximum absolute atomic E-state index is 13.8. The number of carbonyl (C=O) groups is 1. The van der Waals surface area contributed by atoms with Gasteiger partial charge in [0.15, 0.2) is 11.4 Å². The molecule has 0 aliphatic heterocycles. The highest BCUT2D eigenvalue weighted by Gasteiger charge is 2.31. The van der Waals surface area contributed by atoms with Gasteiger partial charge in [-0.2, -0.15) is 0 Å². The van der Waals surface area contributed by atoms with E-state index in [2.05, 4.69) is 10.3 Å². The van der Waals surface area contributed by atoms with Gasteiger partial charge in [0.05, 0.1) is 23.8 Å². The van der Waals surface area contributed by atoms with E-state index in [1.54, 1.807) is 18.2 Å². The molecule has 6 heteroatoms. The fraction of sp³-hybridized carbons (Fsp3) is 0.391. The SMILES string of the molecule is CC(C)(O)C1CCC(NC(=O)c2ccc(-c3ncc(F)c4occc34)cc2)CC1. The van der Waals surface area contributed by atoms with Crippen molar-refractivity contribution in [3.63, 3.8) is 0 Å². The van der Waals surface area contributed by atoms with Gasteiger partial charge in [0.25, 0.3) is 5.91 Å². The Morgan fingerprint density at radius 2 is 1.86 bits per heavy atom. The Bertz CT molecular complexity index is 1010. The van der Waals surface area contributed by atoms with Gasteiger partial charge in [-0.15, -0.1) is 0 Å². The molecule has 2 N–H and O–H groups in total. The molecule has 1 saturated carbocycles. The molecule has 0 saturated heterocycles. The lowest BCUT2D eigenvalue weighted by Crippen LogP contribution is -2.41. The first kappa shape index (κ1) is 19.6. The summed E-state index contributed by atoms with van der Waals surface area (Å²) < 4.78 is 19.0. The van der Waals surface area contributed by atoms with Crippen LogP contribution < -0.4 is 5.32 Å². The lowest BCUT2D eigenvalue weighted by molar-refractivity contribution is -0.00257. The second kappa shape index (κ2) is 7.59. The molecule has 0 atom stereocenters. The largest absolute Gasteiger partial charge is 0.461 e. The van der Waals surface area contributed by atoms with E-state index in [9.17, 15) is 14.3 Å². The molecule has 2 aromatic heterocycles. The number of carbonyl (C=O) groups excluding carboxylic acids is 1. The molecule has 2 heterocycles. The van der Waals surface area contributed by atoms with Crippen LogP contribution in [-0.2, 0) is 0 Å². The predicted molar refractivity (Wildman–Crippen MR) is 109 cm³/mol. The van der Waals surface area contributed by atoms with Crippen molar-refractivity contribution in [2.45, 2.75) is 51.2 Å². The number of aliphatic hydroxyl groups is 1. The average molecular weight is 396 g/mol. The minimum Gasteiger partial charge on any atom is -0.461 e. The van der Waals surface area contributed by atoms with Crippen molar-refractivity contribution in [3.05, 3.63) is 54.2 Å². The summed E-state index contributed by atoms with van der Waals surface area (Å²) in [5, 5.41) is 13.9. The van der Waals surface area contributed by atoms with E-state index in [0.29, 0.717) is 16.6 Å². The van der Waals surface area contributed by atoms with Crippen LogP contribution in [0.25, 0.3) is 22.2 Å². The summed E-state index contributed by atoms with van der Waals surface area (Å²) in [7, 11) is 0. The minimum absolute atomic E-state index is 0.108. The summed E-state index contributed by atoms with van der Waals surface area (Å²) >= 11 is 0. The van der Waals surface area contributed by atoms with E-state index < -0.39 is 11.4 Å². The number of halogens is 1. The molecule has 0 unspecified atom stereocenters. The zero-order valence-corrected chi connectivity index (χ0v) is 16.6. The molecule has 4 rings (SSSR count). The number of aromatic nitrogens is 1. The molecule has 3 aromatic rings. The maximum Gasteiger partial charge on any atom is 0.251 e. The molecule has 5 nitrogen and oxygen atoms in total. The Balaban J connectivity index is 1.44. The van der Waals surface area contributed by atoms with Gasteiger partial charge in [-0.05, 0) is 63.6 Å². The highest BCUT2D eigenvalue weighted by atomic mass is 19.1. The fourth-order valence-corrected chi connectivity index (χ4v) is 4.15. The summed E-state index contributed by atoms with van der Waals surface area (Å²) in [5.41, 5.74) is 1.49. The van der Waals surface area contributed by atoms with Crippen LogP contribution in [0.1, 0.15) is 49.9 Å². The molecule has 1 aliphatic rings. The third-order valence-electron chi connectivity index (χ3n) is 5.93. The van der Waals surface area contributed by atoms with Gasteiger partial charge in [-0.25, -0.2) is 4.39 Å². The summed E-state index contributed by atoms with van der Waals surface area (Å²) in [6.07, 6.45) is 6.14. The lowest BCUT2D eigenvalue weighted by Gasteiger charge is -2.36. The molecule has 152 valence electrons. The molecule has 0 spiro atoms. The molecular formula is C23H25FN2O3. The number of amides is 1. The van der Waals surface area contributed by atoms with Crippen molar-refractivity contribution in [3.8, 4) is 11.3 Å². The Morgan fingerprint density at radius 3 is 2.52 bits per heavy atom. The molecule has 1 amide bonds. The predicted octanol–water partition coefficient (Wildman–Crippen LogP) is 4.69. The second-order valence-corrected chi connectivity index (χ2v) is 8.37. The first-order valence-corrected chi connectivity index (χ1v) is 9.98. The standard InChI is InChI=1S/C23H25FN2O3/c1-23(2,28)16-7-9-17(10-8-16)26-22(27)15-5-3-14(4-6-15)20-18-11-12-29-21(18)19(24)13-25-20/h3-6,11-13,16-17,28H,7-10H2,1-2H3,(H,26,27). The Morgan fingerprint density at radius 1 is 1.17 bits per heavy atom. The molecule has 1 fully saturated rings. The zero-order valence-electron chi connectivity index (χ0n) is 16.6. The molecular weight excluding hydrogens is 371 g/mol. The number of fused-ring (bicyclic) bond motifs is 1. The second-order valence-electron chi connectivity index (χ2n) is 8.37. The molecule has 1 aromatic carbocycles. The van der Waals surface area contributed by atoms with Gasteiger partial charge >= 0.3 is 0 Å². The third kappa shape index (κ3) is 4.03. The van der Waals surface area contributed by atoms with Crippen molar-refractivity contribution >= 4 is 16.9 Å². The lowest BCUT2D eigenvalue weighted by atomic mass is 9.77. The van der Waals surface area contributed by atoms with Crippen molar-refractivity contribution in [2.75, 3.05) is 0 Å². The molecule has 0 bridgehead atoms. The van der Waals surface area contributed by atoms with Gasteiger partial charge in [0, 0.05) is 22.6 Å². The third-order valence-corrected chi connectivity index (χ3v) is 5.93. The topological polar surface area (TPSA) is 75.4 Å². The van der Waals surface area contributed by atoms with E-state index in [1.807, 2.05) is 26.0 Å². The van der Waals surface area contributed by atoms with Crippen molar-refractivity contribution in [2.24, 2.45) is 5.92 Å². The van der Waals surface area contributed by atoms with Crippen LogP contribution in [0.4, 0.5) is 4.39 Å². The maximum atomic E-state index is 13.8. The Labute approximate surface area is 168 Å². The van der Waals surface area contributed by atoms with Crippen LogP contribution in [0.15, 0.2) is 47.2 Å². The van der Waals surface area contributed by atoms with E-state index in [1.165, 1.54) is 6.26 Å². The molecule has 29 heavy (non-hydrogen) atoms. The zero-order chi connectivity index (χ0) is 20.6. The quantitative estimate of drug-likeness (QED) is 0.671.